The van der Waals surface area contributed by atoms with E-state index in [1.54, 1.807) is 0 Å². The quantitative estimate of drug-likeness (QED) is 0.733. The Morgan fingerprint density at radius 2 is 1.89 bits per heavy atom. The number of unbranched alkanes of at least 4 members (excludes halogenated alkanes) is 2. The summed E-state index contributed by atoms with van der Waals surface area (Å²) in [6.45, 7) is 4.24. The maximum Gasteiger partial charge on any atom is 0.220 e. The predicted octanol–water partition coefficient (Wildman–Crippen LogP) is 4.60. The SMILES string of the molecule is CCCCCC(=O)NC(CC)c1ccc(Br)cc1. The van der Waals surface area contributed by atoms with E-state index >= 15 is 0 Å². The van der Waals surface area contributed by atoms with Crippen LogP contribution in [0.25, 0.3) is 0 Å². The summed E-state index contributed by atoms with van der Waals surface area (Å²) in [5.74, 6) is 0.165. The van der Waals surface area contributed by atoms with Crippen molar-refractivity contribution in [2.45, 2.75) is 52.0 Å². The number of hydrogen-bond donors (Lipinski definition) is 1. The van der Waals surface area contributed by atoms with Crippen molar-refractivity contribution in [3.05, 3.63) is 34.3 Å². The number of halogens is 1. The minimum absolute atomic E-state index is 0.132. The van der Waals surface area contributed by atoms with Crippen LogP contribution in [-0.2, 0) is 4.79 Å². The average Bonchev–Trinajstić information content (AvgIpc) is 2.37. The molecule has 100 valence electrons. The van der Waals surface area contributed by atoms with Gasteiger partial charge in [-0.15, -0.1) is 0 Å². The van der Waals surface area contributed by atoms with Gasteiger partial charge >= 0.3 is 0 Å². The van der Waals surface area contributed by atoms with E-state index in [4.69, 9.17) is 0 Å². The molecule has 0 saturated heterocycles. The van der Waals surface area contributed by atoms with Crippen LogP contribution in [0.3, 0.4) is 0 Å². The molecule has 0 bridgehead atoms. The lowest BCUT2D eigenvalue weighted by Gasteiger charge is -2.17. The van der Waals surface area contributed by atoms with Crippen LogP contribution in [0.4, 0.5) is 0 Å². The molecule has 0 heterocycles. The van der Waals surface area contributed by atoms with E-state index in [-0.39, 0.29) is 11.9 Å². The van der Waals surface area contributed by atoms with E-state index in [0.29, 0.717) is 6.42 Å². The van der Waals surface area contributed by atoms with E-state index in [1.807, 2.05) is 12.1 Å². The molecule has 1 atom stereocenters. The smallest absolute Gasteiger partial charge is 0.220 e. The van der Waals surface area contributed by atoms with Crippen LogP contribution in [-0.4, -0.2) is 5.91 Å². The lowest BCUT2D eigenvalue weighted by atomic mass is 10.0. The minimum atomic E-state index is 0.132. The summed E-state index contributed by atoms with van der Waals surface area (Å²) in [7, 11) is 0. The Balaban J connectivity index is 2.51. The highest BCUT2D eigenvalue weighted by molar-refractivity contribution is 9.10. The maximum absolute atomic E-state index is 11.8. The number of carbonyl (C=O) groups excluding carboxylic acids is 1. The first-order valence-electron chi connectivity index (χ1n) is 6.72. The molecule has 18 heavy (non-hydrogen) atoms. The average molecular weight is 312 g/mol. The first-order chi connectivity index (χ1) is 8.67. The van der Waals surface area contributed by atoms with Crippen molar-refractivity contribution in [3.8, 4) is 0 Å². The van der Waals surface area contributed by atoms with Gasteiger partial charge in [0.15, 0.2) is 0 Å². The fourth-order valence-electron chi connectivity index (χ4n) is 1.92. The highest BCUT2D eigenvalue weighted by Crippen LogP contribution is 2.19. The number of rotatable bonds is 7. The minimum Gasteiger partial charge on any atom is -0.349 e. The fraction of sp³-hybridized carbons (Fsp3) is 0.533. The molecule has 1 aromatic carbocycles. The van der Waals surface area contributed by atoms with Crippen molar-refractivity contribution in [1.29, 1.82) is 0 Å². The normalized spacial score (nSPS) is 12.2. The van der Waals surface area contributed by atoms with Gasteiger partial charge in [-0.25, -0.2) is 0 Å². The van der Waals surface area contributed by atoms with E-state index in [2.05, 4.69) is 47.2 Å². The lowest BCUT2D eigenvalue weighted by Crippen LogP contribution is -2.27. The third kappa shape index (κ3) is 5.21. The Bertz CT molecular complexity index is 361. The van der Waals surface area contributed by atoms with Crippen LogP contribution >= 0.6 is 15.9 Å². The van der Waals surface area contributed by atoms with Gasteiger partial charge in [-0.3, -0.25) is 4.79 Å². The zero-order valence-electron chi connectivity index (χ0n) is 11.2. The van der Waals surface area contributed by atoms with Crippen molar-refractivity contribution < 1.29 is 4.79 Å². The highest BCUT2D eigenvalue weighted by atomic mass is 79.9. The van der Waals surface area contributed by atoms with Crippen LogP contribution in [0.5, 0.6) is 0 Å². The molecule has 0 saturated carbocycles. The standard InChI is InChI=1S/C15H22BrNO/c1-3-5-6-7-15(18)17-14(4-2)12-8-10-13(16)11-9-12/h8-11,14H,3-7H2,1-2H3,(H,17,18). The zero-order chi connectivity index (χ0) is 13.4. The largest absolute Gasteiger partial charge is 0.349 e. The molecule has 0 radical (unpaired) electrons. The zero-order valence-corrected chi connectivity index (χ0v) is 12.8. The van der Waals surface area contributed by atoms with Crippen molar-refractivity contribution >= 4 is 21.8 Å². The van der Waals surface area contributed by atoms with Crippen LogP contribution in [0.15, 0.2) is 28.7 Å². The van der Waals surface area contributed by atoms with Crippen LogP contribution in [0, 0.1) is 0 Å². The second-order valence-corrected chi connectivity index (χ2v) is 5.45. The number of amides is 1. The van der Waals surface area contributed by atoms with Gasteiger partial charge in [-0.1, -0.05) is 54.8 Å². The molecule has 1 N–H and O–H groups in total. The van der Waals surface area contributed by atoms with Gasteiger partial charge in [0.1, 0.15) is 0 Å². The van der Waals surface area contributed by atoms with Crippen molar-refractivity contribution in [2.75, 3.05) is 0 Å². The Labute approximate surface area is 118 Å². The summed E-state index contributed by atoms with van der Waals surface area (Å²) >= 11 is 3.42. The third-order valence-corrected chi connectivity index (χ3v) is 3.55. The molecule has 0 spiro atoms. The van der Waals surface area contributed by atoms with Gasteiger partial charge in [0.05, 0.1) is 6.04 Å². The molecule has 0 aliphatic carbocycles. The van der Waals surface area contributed by atoms with Gasteiger partial charge in [0.25, 0.3) is 0 Å². The van der Waals surface area contributed by atoms with E-state index < -0.39 is 0 Å². The Morgan fingerprint density at radius 3 is 2.44 bits per heavy atom. The Kier molecular flexibility index (Phi) is 7.02. The van der Waals surface area contributed by atoms with Gasteiger partial charge < -0.3 is 5.32 Å². The molecule has 1 amide bonds. The molecular formula is C15H22BrNO. The van der Waals surface area contributed by atoms with Gasteiger partial charge in [-0.05, 0) is 30.5 Å². The van der Waals surface area contributed by atoms with Crippen molar-refractivity contribution in [2.24, 2.45) is 0 Å². The van der Waals surface area contributed by atoms with E-state index in [0.717, 1.165) is 30.2 Å². The second-order valence-electron chi connectivity index (χ2n) is 4.54. The molecule has 2 nitrogen and oxygen atoms in total. The Hall–Kier alpha value is -0.830. The number of nitrogens with one attached hydrogen (secondary N) is 1. The number of carbonyl (C=O) groups is 1. The van der Waals surface area contributed by atoms with E-state index in [1.165, 1.54) is 5.56 Å². The molecule has 3 heteroatoms. The molecule has 0 aliphatic rings. The predicted molar refractivity (Wildman–Crippen MR) is 79.5 cm³/mol. The molecular weight excluding hydrogens is 290 g/mol. The first-order valence-corrected chi connectivity index (χ1v) is 7.51. The summed E-state index contributed by atoms with van der Waals surface area (Å²) < 4.78 is 1.07. The summed E-state index contributed by atoms with van der Waals surface area (Å²) in [5, 5.41) is 3.11. The summed E-state index contributed by atoms with van der Waals surface area (Å²) in [6.07, 6.45) is 4.82. The topological polar surface area (TPSA) is 29.1 Å². The molecule has 1 rings (SSSR count). The van der Waals surface area contributed by atoms with Crippen LogP contribution < -0.4 is 5.32 Å². The highest BCUT2D eigenvalue weighted by Gasteiger charge is 2.11. The van der Waals surface area contributed by atoms with Crippen LogP contribution in [0.1, 0.15) is 57.6 Å². The number of benzene rings is 1. The summed E-state index contributed by atoms with van der Waals surface area (Å²) in [4.78, 5) is 11.8. The first kappa shape index (κ1) is 15.2. The second kappa shape index (κ2) is 8.30. The molecule has 0 aromatic heterocycles. The van der Waals surface area contributed by atoms with Crippen LogP contribution in [0.2, 0.25) is 0 Å². The molecule has 1 aromatic rings. The van der Waals surface area contributed by atoms with Crippen molar-refractivity contribution in [3.63, 3.8) is 0 Å². The monoisotopic (exact) mass is 311 g/mol. The molecule has 0 fully saturated rings. The third-order valence-electron chi connectivity index (χ3n) is 3.02. The maximum atomic E-state index is 11.8. The Morgan fingerprint density at radius 1 is 1.22 bits per heavy atom. The summed E-state index contributed by atoms with van der Waals surface area (Å²) in [5.41, 5.74) is 1.17. The lowest BCUT2D eigenvalue weighted by molar-refractivity contribution is -0.122. The van der Waals surface area contributed by atoms with Gasteiger partial charge in [0, 0.05) is 10.9 Å². The van der Waals surface area contributed by atoms with Gasteiger partial charge in [-0.2, -0.15) is 0 Å². The van der Waals surface area contributed by atoms with Gasteiger partial charge in [0.2, 0.25) is 5.91 Å². The molecule has 0 aliphatic heterocycles. The fourth-order valence-corrected chi connectivity index (χ4v) is 2.18. The van der Waals surface area contributed by atoms with E-state index in [9.17, 15) is 4.79 Å². The molecule has 1 unspecified atom stereocenters. The summed E-state index contributed by atoms with van der Waals surface area (Å²) in [6, 6.07) is 8.28. The van der Waals surface area contributed by atoms with Crippen molar-refractivity contribution in [1.82, 2.24) is 5.32 Å². The number of hydrogen-bond acceptors (Lipinski definition) is 1.